The molecule has 13 nitrogen and oxygen atoms in total. The fourth-order valence-electron chi connectivity index (χ4n) is 3.55. The van der Waals surface area contributed by atoms with Crippen molar-refractivity contribution >= 4 is 28.1 Å². The van der Waals surface area contributed by atoms with E-state index in [9.17, 15) is 14.4 Å². The molecular formula is C24H32N4O9. The van der Waals surface area contributed by atoms with Crippen LogP contribution < -0.4 is 20.5 Å². The van der Waals surface area contributed by atoms with E-state index >= 15 is 0 Å². The summed E-state index contributed by atoms with van der Waals surface area (Å²) in [5.74, 6) is 0.306. The first-order valence-electron chi connectivity index (χ1n) is 11.9. The Balaban J connectivity index is 1.99. The molecule has 0 amide bonds. The van der Waals surface area contributed by atoms with E-state index in [4.69, 9.17) is 28.4 Å². The third-order valence-corrected chi connectivity index (χ3v) is 5.37. The number of fused-ring (bicyclic) bond motifs is 2. The van der Waals surface area contributed by atoms with Gasteiger partial charge in [0.15, 0.2) is 28.6 Å². The van der Waals surface area contributed by atoms with Crippen LogP contribution in [0.2, 0.25) is 0 Å². The number of nitrogens with zero attached hydrogens (tertiary/aromatic N) is 3. The monoisotopic (exact) mass is 520 g/mol. The van der Waals surface area contributed by atoms with E-state index in [0.717, 1.165) is 4.80 Å². The van der Waals surface area contributed by atoms with Gasteiger partial charge in [0.25, 0.3) is 5.56 Å². The summed E-state index contributed by atoms with van der Waals surface area (Å²) in [5, 5.41) is 8.57. The van der Waals surface area contributed by atoms with Crippen LogP contribution in [0.25, 0.3) is 21.9 Å². The second-order valence-corrected chi connectivity index (χ2v) is 8.31. The summed E-state index contributed by atoms with van der Waals surface area (Å²) in [4.78, 5) is 42.6. The predicted octanol–water partition coefficient (Wildman–Crippen LogP) is 2.40. The summed E-state index contributed by atoms with van der Waals surface area (Å²) in [6, 6.07) is 2.94. The summed E-state index contributed by atoms with van der Waals surface area (Å²) < 4.78 is 32.1. The van der Waals surface area contributed by atoms with E-state index in [1.54, 1.807) is 13.8 Å². The SMILES string of the molecule is CCOCC(COCC)OC(=O)OC(C(C)C)n1nc2c(=O)[nH]c3cc(OC)c(OC)cc3c(=O)c2n1. The van der Waals surface area contributed by atoms with Gasteiger partial charge in [0, 0.05) is 25.2 Å². The van der Waals surface area contributed by atoms with Crippen molar-refractivity contribution in [1.82, 2.24) is 20.0 Å². The van der Waals surface area contributed by atoms with E-state index in [1.165, 1.54) is 26.4 Å². The highest BCUT2D eigenvalue weighted by Crippen LogP contribution is 2.30. The van der Waals surface area contributed by atoms with Crippen molar-refractivity contribution in [3.05, 3.63) is 32.7 Å². The molecule has 0 aliphatic heterocycles. The number of benzene rings is 1. The number of aromatic amines is 1. The molecule has 0 saturated carbocycles. The van der Waals surface area contributed by atoms with Crippen LogP contribution >= 0.6 is 0 Å². The maximum absolute atomic E-state index is 13.4. The maximum Gasteiger partial charge on any atom is 0.510 e. The van der Waals surface area contributed by atoms with Gasteiger partial charge in [-0.05, 0) is 19.9 Å². The highest BCUT2D eigenvalue weighted by atomic mass is 16.7. The molecule has 1 aromatic carbocycles. The summed E-state index contributed by atoms with van der Waals surface area (Å²) >= 11 is 0. The number of rotatable bonds is 12. The van der Waals surface area contributed by atoms with Gasteiger partial charge < -0.3 is 33.4 Å². The van der Waals surface area contributed by atoms with Crippen molar-refractivity contribution in [3.8, 4) is 11.5 Å². The second-order valence-electron chi connectivity index (χ2n) is 8.31. The predicted molar refractivity (Wildman–Crippen MR) is 133 cm³/mol. The zero-order valence-corrected chi connectivity index (χ0v) is 21.7. The van der Waals surface area contributed by atoms with Gasteiger partial charge >= 0.3 is 6.16 Å². The Labute approximate surface area is 212 Å². The fourth-order valence-corrected chi connectivity index (χ4v) is 3.55. The Morgan fingerprint density at radius 2 is 1.54 bits per heavy atom. The molecule has 1 N–H and O–H groups in total. The van der Waals surface area contributed by atoms with E-state index < -0.39 is 29.5 Å². The highest BCUT2D eigenvalue weighted by Gasteiger charge is 2.27. The lowest BCUT2D eigenvalue weighted by Gasteiger charge is -2.22. The molecule has 3 aromatic rings. The third kappa shape index (κ3) is 6.35. The topological polar surface area (TPSA) is 153 Å². The van der Waals surface area contributed by atoms with Crippen LogP contribution in [-0.4, -0.2) is 72.9 Å². The average molecular weight is 521 g/mol. The molecular weight excluding hydrogens is 488 g/mol. The van der Waals surface area contributed by atoms with Crippen LogP contribution in [0.5, 0.6) is 11.5 Å². The van der Waals surface area contributed by atoms with Crippen LogP contribution in [0.1, 0.15) is 33.9 Å². The summed E-state index contributed by atoms with van der Waals surface area (Å²) in [7, 11) is 2.88. The lowest BCUT2D eigenvalue weighted by atomic mass is 10.2. The molecule has 37 heavy (non-hydrogen) atoms. The van der Waals surface area contributed by atoms with Crippen molar-refractivity contribution in [3.63, 3.8) is 0 Å². The molecule has 1 unspecified atom stereocenters. The van der Waals surface area contributed by atoms with Gasteiger partial charge in [-0.25, -0.2) is 4.79 Å². The molecule has 0 aliphatic rings. The zero-order chi connectivity index (χ0) is 27.1. The Bertz CT molecular complexity index is 1340. The standard InChI is InChI=1S/C24H32N4O9/c1-7-34-11-14(12-35-8-2)36-24(31)37-23(13(3)4)28-26-19-20(27-28)22(30)25-16-10-18(33-6)17(32-5)9-15(16)21(19)29/h9-10,13-14,23H,7-8,11-12H2,1-6H3,(H,25,30). The molecule has 2 heterocycles. The minimum absolute atomic E-state index is 0.134. The second kappa shape index (κ2) is 12.5. The normalized spacial score (nSPS) is 12.3. The van der Waals surface area contributed by atoms with E-state index in [1.807, 2.05) is 13.8 Å². The lowest BCUT2D eigenvalue weighted by molar-refractivity contribution is -0.0809. The molecule has 0 spiro atoms. The fraction of sp³-hybridized carbons (Fsp3) is 0.542. The van der Waals surface area contributed by atoms with Crippen LogP contribution in [0, 0.1) is 5.92 Å². The number of hydrogen-bond acceptors (Lipinski definition) is 11. The number of hydrogen-bond donors (Lipinski definition) is 1. The molecule has 1 atom stereocenters. The van der Waals surface area contributed by atoms with Gasteiger partial charge in [-0.1, -0.05) is 13.8 Å². The number of carbonyl (C=O) groups excluding carboxylic acids is 1. The molecule has 0 radical (unpaired) electrons. The Morgan fingerprint density at radius 1 is 0.946 bits per heavy atom. The first kappa shape index (κ1) is 27.9. The summed E-state index contributed by atoms with van der Waals surface area (Å²) in [5.41, 5.74) is -1.40. The molecule has 3 rings (SSSR count). The van der Waals surface area contributed by atoms with Crippen LogP contribution in [0.15, 0.2) is 21.7 Å². The van der Waals surface area contributed by atoms with Gasteiger partial charge in [-0.2, -0.15) is 0 Å². The molecule has 0 fully saturated rings. The zero-order valence-electron chi connectivity index (χ0n) is 21.7. The van der Waals surface area contributed by atoms with Gasteiger partial charge in [0.1, 0.15) is 0 Å². The van der Waals surface area contributed by atoms with Crippen molar-refractivity contribution in [2.75, 3.05) is 40.6 Å². The molecule has 2 aromatic heterocycles. The molecule has 0 bridgehead atoms. The molecule has 202 valence electrons. The molecule has 0 aliphatic carbocycles. The van der Waals surface area contributed by atoms with Crippen LogP contribution in [-0.2, 0) is 18.9 Å². The smallest absolute Gasteiger partial charge is 0.493 e. The van der Waals surface area contributed by atoms with E-state index in [-0.39, 0.29) is 41.1 Å². The summed E-state index contributed by atoms with van der Waals surface area (Å²) in [6.45, 7) is 8.31. The third-order valence-electron chi connectivity index (χ3n) is 5.37. The van der Waals surface area contributed by atoms with Gasteiger partial charge in [0.2, 0.25) is 11.7 Å². The first-order valence-corrected chi connectivity index (χ1v) is 11.9. The number of ether oxygens (including phenoxy) is 6. The number of H-pyrrole nitrogens is 1. The molecule has 0 saturated heterocycles. The summed E-state index contributed by atoms with van der Waals surface area (Å²) in [6.07, 6.45) is -2.74. The maximum atomic E-state index is 13.4. The average Bonchev–Trinajstić information content (AvgIpc) is 3.29. The van der Waals surface area contributed by atoms with Crippen molar-refractivity contribution < 1.29 is 33.2 Å². The Morgan fingerprint density at radius 3 is 2.11 bits per heavy atom. The van der Waals surface area contributed by atoms with Crippen LogP contribution in [0.3, 0.4) is 0 Å². The van der Waals surface area contributed by atoms with Crippen molar-refractivity contribution in [1.29, 1.82) is 0 Å². The minimum atomic E-state index is -1.07. The van der Waals surface area contributed by atoms with Crippen molar-refractivity contribution in [2.45, 2.75) is 40.0 Å². The van der Waals surface area contributed by atoms with Crippen LogP contribution in [0.4, 0.5) is 4.79 Å². The first-order chi connectivity index (χ1) is 17.7. The Hall–Kier alpha value is -3.71. The quantitative estimate of drug-likeness (QED) is 0.350. The van der Waals surface area contributed by atoms with E-state index in [2.05, 4.69) is 15.2 Å². The van der Waals surface area contributed by atoms with Gasteiger partial charge in [0.05, 0.1) is 38.3 Å². The number of carbonyl (C=O) groups is 1. The molecule has 13 heteroatoms. The minimum Gasteiger partial charge on any atom is -0.493 e. The van der Waals surface area contributed by atoms with Gasteiger partial charge in [-0.15, -0.1) is 15.0 Å². The number of methoxy groups -OCH3 is 2. The van der Waals surface area contributed by atoms with Gasteiger partial charge in [-0.3, -0.25) is 9.59 Å². The number of aromatic nitrogens is 4. The van der Waals surface area contributed by atoms with Crippen molar-refractivity contribution in [2.24, 2.45) is 5.92 Å². The largest absolute Gasteiger partial charge is 0.510 e. The van der Waals surface area contributed by atoms with E-state index in [0.29, 0.717) is 24.7 Å². The lowest BCUT2D eigenvalue weighted by Crippen LogP contribution is -2.31. The number of nitrogens with one attached hydrogen (secondary N) is 1. The Kier molecular flexibility index (Phi) is 9.42. The highest BCUT2D eigenvalue weighted by molar-refractivity contribution is 5.88.